The summed E-state index contributed by atoms with van der Waals surface area (Å²) in [6.07, 6.45) is 0. The SMILES string of the molecule is C[C@H](CO)Nc1cc(NS(=O)(=O)c2ccc(Cl)cc2Cl)nc(SCc2ccccc2)n1. The van der Waals surface area contributed by atoms with Crippen LogP contribution < -0.4 is 10.0 Å². The van der Waals surface area contributed by atoms with Gasteiger partial charge >= 0.3 is 0 Å². The standard InChI is InChI=1S/C20H20Cl2N4O3S2/c1-13(11-27)23-18-10-19(25-20(24-18)30-12-14-5-3-2-4-6-14)26-31(28,29)17-8-7-15(21)9-16(17)22/h2-10,13,27H,11-12H2,1H3,(H2,23,24,25,26)/t13-/m1/s1. The van der Waals surface area contributed by atoms with Crippen molar-refractivity contribution in [1.29, 1.82) is 0 Å². The van der Waals surface area contributed by atoms with E-state index in [-0.39, 0.29) is 28.4 Å². The van der Waals surface area contributed by atoms with Crippen LogP contribution in [0.2, 0.25) is 10.0 Å². The summed E-state index contributed by atoms with van der Waals surface area (Å²) in [5.41, 5.74) is 1.08. The Morgan fingerprint density at radius 3 is 2.45 bits per heavy atom. The Morgan fingerprint density at radius 2 is 1.77 bits per heavy atom. The van der Waals surface area contributed by atoms with Gasteiger partial charge in [0, 0.05) is 22.9 Å². The molecule has 3 rings (SSSR count). The van der Waals surface area contributed by atoms with Crippen LogP contribution in [0.15, 0.2) is 64.6 Å². The first kappa shape index (κ1) is 23.6. The number of rotatable bonds is 9. The van der Waals surface area contributed by atoms with Gasteiger partial charge in [0.1, 0.15) is 16.5 Å². The molecular weight excluding hydrogens is 479 g/mol. The van der Waals surface area contributed by atoms with E-state index in [1.54, 1.807) is 6.92 Å². The Morgan fingerprint density at radius 1 is 1.06 bits per heavy atom. The predicted octanol–water partition coefficient (Wildman–Crippen LogP) is 4.67. The van der Waals surface area contributed by atoms with E-state index in [1.807, 2.05) is 30.3 Å². The molecule has 0 radical (unpaired) electrons. The second kappa shape index (κ2) is 10.5. The van der Waals surface area contributed by atoms with Crippen LogP contribution in [-0.2, 0) is 15.8 Å². The van der Waals surface area contributed by atoms with Crippen LogP contribution in [0.5, 0.6) is 0 Å². The summed E-state index contributed by atoms with van der Waals surface area (Å²) < 4.78 is 28.1. The summed E-state index contributed by atoms with van der Waals surface area (Å²) in [5.74, 6) is 1.06. The van der Waals surface area contributed by atoms with Crippen LogP contribution in [0.4, 0.5) is 11.6 Å². The minimum atomic E-state index is -4.01. The average molecular weight is 499 g/mol. The summed E-state index contributed by atoms with van der Waals surface area (Å²) in [5, 5.41) is 13.1. The third-order valence-electron chi connectivity index (χ3n) is 4.01. The second-order valence-corrected chi connectivity index (χ2v) is 10.0. The molecule has 0 amide bonds. The maximum Gasteiger partial charge on any atom is 0.264 e. The molecule has 3 aromatic rings. The summed E-state index contributed by atoms with van der Waals surface area (Å²) >= 11 is 13.3. The number of aromatic nitrogens is 2. The first-order chi connectivity index (χ1) is 14.8. The molecule has 0 aliphatic rings. The molecule has 1 heterocycles. The van der Waals surface area contributed by atoms with Gasteiger partial charge in [0.25, 0.3) is 10.0 Å². The van der Waals surface area contributed by atoms with Crippen molar-refractivity contribution in [3.63, 3.8) is 0 Å². The van der Waals surface area contributed by atoms with E-state index < -0.39 is 10.0 Å². The quantitative estimate of drug-likeness (QED) is 0.290. The summed E-state index contributed by atoms with van der Waals surface area (Å²) in [6, 6.07) is 15.1. The molecule has 0 unspecified atom stereocenters. The van der Waals surface area contributed by atoms with Crippen molar-refractivity contribution in [3.8, 4) is 0 Å². The van der Waals surface area contributed by atoms with Gasteiger partial charge in [-0.05, 0) is 30.7 Å². The molecule has 1 atom stereocenters. The van der Waals surface area contributed by atoms with Gasteiger partial charge in [-0.2, -0.15) is 0 Å². The minimum absolute atomic E-state index is 0.0000154. The van der Waals surface area contributed by atoms with Crippen molar-refractivity contribution in [2.24, 2.45) is 0 Å². The van der Waals surface area contributed by atoms with E-state index in [4.69, 9.17) is 23.2 Å². The third-order valence-corrected chi connectivity index (χ3v) is 7.00. The molecule has 2 aromatic carbocycles. The molecule has 1 aromatic heterocycles. The lowest BCUT2D eigenvalue weighted by Gasteiger charge is -2.15. The van der Waals surface area contributed by atoms with E-state index in [9.17, 15) is 13.5 Å². The zero-order chi connectivity index (χ0) is 22.4. The number of hydrogen-bond acceptors (Lipinski definition) is 7. The number of thioether (sulfide) groups is 1. The lowest BCUT2D eigenvalue weighted by Crippen LogP contribution is -2.21. The fraction of sp³-hybridized carbons (Fsp3) is 0.200. The van der Waals surface area contributed by atoms with Crippen molar-refractivity contribution < 1.29 is 13.5 Å². The molecule has 0 fully saturated rings. The van der Waals surface area contributed by atoms with Gasteiger partial charge in [-0.15, -0.1) is 0 Å². The summed E-state index contributed by atoms with van der Waals surface area (Å²) in [4.78, 5) is 8.63. The van der Waals surface area contributed by atoms with Gasteiger partial charge in [0.2, 0.25) is 0 Å². The van der Waals surface area contributed by atoms with Gasteiger partial charge < -0.3 is 10.4 Å². The molecule has 164 valence electrons. The number of sulfonamides is 1. The Bertz CT molecular complexity index is 1150. The zero-order valence-electron chi connectivity index (χ0n) is 16.4. The van der Waals surface area contributed by atoms with Gasteiger partial charge in [-0.3, -0.25) is 4.72 Å². The first-order valence-corrected chi connectivity index (χ1v) is 12.4. The lowest BCUT2D eigenvalue weighted by atomic mass is 10.2. The molecule has 0 saturated carbocycles. The molecule has 7 nitrogen and oxygen atoms in total. The maximum absolute atomic E-state index is 12.8. The number of anilines is 2. The average Bonchev–Trinajstić information content (AvgIpc) is 2.72. The Hall–Kier alpha value is -2.04. The maximum atomic E-state index is 12.8. The highest BCUT2D eigenvalue weighted by atomic mass is 35.5. The van der Waals surface area contributed by atoms with Gasteiger partial charge in [-0.25, -0.2) is 18.4 Å². The zero-order valence-corrected chi connectivity index (χ0v) is 19.6. The predicted molar refractivity (Wildman–Crippen MR) is 125 cm³/mol. The number of nitrogens with zero attached hydrogens (tertiary/aromatic N) is 2. The third kappa shape index (κ3) is 6.72. The van der Waals surface area contributed by atoms with E-state index in [1.165, 1.54) is 36.0 Å². The van der Waals surface area contributed by atoms with Gasteiger partial charge in [-0.1, -0.05) is 65.3 Å². The molecule has 0 aliphatic heterocycles. The lowest BCUT2D eigenvalue weighted by molar-refractivity contribution is 0.281. The van der Waals surface area contributed by atoms with Crippen molar-refractivity contribution in [2.75, 3.05) is 16.6 Å². The fourth-order valence-corrected chi connectivity index (χ4v) is 5.10. The largest absolute Gasteiger partial charge is 0.394 e. The first-order valence-electron chi connectivity index (χ1n) is 9.18. The van der Waals surface area contributed by atoms with Gasteiger partial charge in [0.05, 0.1) is 11.6 Å². The fourth-order valence-electron chi connectivity index (χ4n) is 2.52. The highest BCUT2D eigenvalue weighted by Gasteiger charge is 2.20. The van der Waals surface area contributed by atoms with Crippen LogP contribution in [0.1, 0.15) is 12.5 Å². The van der Waals surface area contributed by atoms with Crippen molar-refractivity contribution >= 4 is 56.6 Å². The summed E-state index contributed by atoms with van der Waals surface area (Å²) in [7, 11) is -4.01. The number of halogens is 2. The van der Waals surface area contributed by atoms with Crippen LogP contribution in [-0.4, -0.2) is 36.1 Å². The minimum Gasteiger partial charge on any atom is -0.394 e. The number of nitrogens with one attached hydrogen (secondary N) is 2. The molecule has 11 heteroatoms. The number of aliphatic hydroxyl groups is 1. The molecule has 3 N–H and O–H groups in total. The highest BCUT2D eigenvalue weighted by molar-refractivity contribution is 7.98. The molecule has 31 heavy (non-hydrogen) atoms. The smallest absolute Gasteiger partial charge is 0.264 e. The van der Waals surface area contributed by atoms with Crippen LogP contribution in [0.3, 0.4) is 0 Å². The molecular formula is C20H20Cl2N4O3S2. The van der Waals surface area contributed by atoms with Crippen LogP contribution >= 0.6 is 35.0 Å². The second-order valence-electron chi connectivity index (χ2n) is 6.60. The monoisotopic (exact) mass is 498 g/mol. The Labute approximate surface area is 195 Å². The van der Waals surface area contributed by atoms with E-state index in [2.05, 4.69) is 20.0 Å². The topological polar surface area (TPSA) is 104 Å². The number of benzene rings is 2. The van der Waals surface area contributed by atoms with E-state index in [0.717, 1.165) is 5.56 Å². The van der Waals surface area contributed by atoms with Crippen molar-refractivity contribution in [2.45, 2.75) is 28.8 Å². The van der Waals surface area contributed by atoms with E-state index in [0.29, 0.717) is 21.7 Å². The number of aliphatic hydroxyl groups excluding tert-OH is 1. The highest BCUT2D eigenvalue weighted by Crippen LogP contribution is 2.28. The van der Waals surface area contributed by atoms with Crippen molar-refractivity contribution in [3.05, 3.63) is 70.2 Å². The van der Waals surface area contributed by atoms with Crippen LogP contribution in [0.25, 0.3) is 0 Å². The normalized spacial score (nSPS) is 12.4. The number of hydrogen-bond donors (Lipinski definition) is 3. The summed E-state index contributed by atoms with van der Waals surface area (Å²) in [6.45, 7) is 1.66. The van der Waals surface area contributed by atoms with E-state index >= 15 is 0 Å². The van der Waals surface area contributed by atoms with Crippen LogP contribution in [0, 0.1) is 0 Å². The van der Waals surface area contributed by atoms with Crippen molar-refractivity contribution in [1.82, 2.24) is 9.97 Å². The van der Waals surface area contributed by atoms with Gasteiger partial charge in [0.15, 0.2) is 5.16 Å². The Balaban J connectivity index is 1.89. The molecule has 0 spiro atoms. The Kier molecular flexibility index (Phi) is 8.01. The molecule has 0 bridgehead atoms. The molecule has 0 aliphatic carbocycles. The molecule has 0 saturated heterocycles.